The number of hydrogen-bond acceptors (Lipinski definition) is 3. The van der Waals surface area contributed by atoms with Crippen molar-refractivity contribution in [1.82, 2.24) is 0 Å². The normalized spacial score (nSPS) is 16.7. The van der Waals surface area contributed by atoms with E-state index in [2.05, 4.69) is 10.6 Å². The molecular formula is C19H20FN3O2. The van der Waals surface area contributed by atoms with Gasteiger partial charge in [0, 0.05) is 18.2 Å². The lowest BCUT2D eigenvalue weighted by Gasteiger charge is -2.28. The van der Waals surface area contributed by atoms with Crippen molar-refractivity contribution in [3.63, 3.8) is 0 Å². The van der Waals surface area contributed by atoms with Gasteiger partial charge in [-0.25, -0.2) is 4.39 Å². The topological polar surface area (TPSA) is 61.4 Å². The maximum atomic E-state index is 13.2. The molecule has 2 amide bonds. The number of aryl methyl sites for hydroxylation is 1. The summed E-state index contributed by atoms with van der Waals surface area (Å²) in [5.41, 5.74) is 2.75. The molecule has 3 rings (SSSR count). The third-order valence-corrected chi connectivity index (χ3v) is 4.25. The maximum Gasteiger partial charge on any atom is 0.246 e. The first kappa shape index (κ1) is 17.0. The molecule has 25 heavy (non-hydrogen) atoms. The molecular weight excluding hydrogens is 321 g/mol. The zero-order chi connectivity index (χ0) is 18.0. The van der Waals surface area contributed by atoms with E-state index in [1.165, 1.54) is 12.1 Å². The van der Waals surface area contributed by atoms with E-state index >= 15 is 0 Å². The average Bonchev–Trinajstić information content (AvgIpc) is 2.68. The van der Waals surface area contributed by atoms with Crippen molar-refractivity contribution < 1.29 is 14.0 Å². The number of carbonyl (C=O) groups excluding carboxylic acids is 2. The first-order valence-electron chi connectivity index (χ1n) is 8.16. The van der Waals surface area contributed by atoms with Crippen molar-refractivity contribution in [2.75, 3.05) is 22.1 Å². The van der Waals surface area contributed by atoms with E-state index in [0.717, 1.165) is 5.56 Å². The highest BCUT2D eigenvalue weighted by atomic mass is 19.1. The lowest BCUT2D eigenvalue weighted by Crippen LogP contribution is -2.42. The molecule has 0 saturated heterocycles. The van der Waals surface area contributed by atoms with Crippen LogP contribution in [-0.4, -0.2) is 24.4 Å². The second-order valence-corrected chi connectivity index (χ2v) is 6.20. The van der Waals surface area contributed by atoms with Gasteiger partial charge in [-0.2, -0.15) is 0 Å². The smallest absolute Gasteiger partial charge is 0.246 e. The summed E-state index contributed by atoms with van der Waals surface area (Å²) in [6.45, 7) is 3.68. The van der Waals surface area contributed by atoms with Gasteiger partial charge in [-0.3, -0.25) is 9.59 Å². The Morgan fingerprint density at radius 3 is 2.84 bits per heavy atom. The molecule has 0 saturated carbocycles. The molecule has 0 bridgehead atoms. The first-order chi connectivity index (χ1) is 12.0. The third kappa shape index (κ3) is 3.63. The second-order valence-electron chi connectivity index (χ2n) is 6.20. The van der Waals surface area contributed by atoms with Crippen LogP contribution in [0.5, 0.6) is 0 Å². The highest BCUT2D eigenvalue weighted by Gasteiger charge is 2.29. The van der Waals surface area contributed by atoms with Crippen LogP contribution in [0.3, 0.4) is 0 Å². The van der Waals surface area contributed by atoms with Crippen LogP contribution in [-0.2, 0) is 9.59 Å². The molecule has 1 aliphatic heterocycles. The van der Waals surface area contributed by atoms with Crippen molar-refractivity contribution in [2.24, 2.45) is 0 Å². The fraction of sp³-hybridized carbons (Fsp3) is 0.263. The number of para-hydroxylation sites is 2. The lowest BCUT2D eigenvalue weighted by atomic mass is 10.1. The minimum absolute atomic E-state index is 0.0549. The monoisotopic (exact) mass is 341 g/mol. The van der Waals surface area contributed by atoms with Crippen LogP contribution < -0.4 is 15.5 Å². The van der Waals surface area contributed by atoms with Crippen LogP contribution in [0.4, 0.5) is 21.5 Å². The van der Waals surface area contributed by atoms with Gasteiger partial charge < -0.3 is 15.5 Å². The van der Waals surface area contributed by atoms with E-state index in [4.69, 9.17) is 0 Å². The molecule has 0 unspecified atom stereocenters. The Morgan fingerprint density at radius 1 is 1.32 bits per heavy atom. The van der Waals surface area contributed by atoms with E-state index in [9.17, 15) is 14.0 Å². The number of rotatable bonds is 3. The summed E-state index contributed by atoms with van der Waals surface area (Å²) in [5, 5.41) is 5.89. The van der Waals surface area contributed by atoms with Crippen LogP contribution >= 0.6 is 0 Å². The Labute approximate surface area is 145 Å². The summed E-state index contributed by atoms with van der Waals surface area (Å²) >= 11 is 0. The lowest BCUT2D eigenvalue weighted by molar-refractivity contribution is -0.118. The van der Waals surface area contributed by atoms with Gasteiger partial charge in [0.1, 0.15) is 5.82 Å². The number of amides is 2. The molecule has 1 aliphatic rings. The van der Waals surface area contributed by atoms with Gasteiger partial charge in [-0.15, -0.1) is 0 Å². The number of halogens is 1. The fourth-order valence-corrected chi connectivity index (χ4v) is 3.05. The van der Waals surface area contributed by atoms with Gasteiger partial charge in [-0.05, 0) is 49.7 Å². The van der Waals surface area contributed by atoms with E-state index in [0.29, 0.717) is 17.1 Å². The van der Waals surface area contributed by atoms with Crippen molar-refractivity contribution >= 4 is 28.9 Å². The predicted octanol–water partition coefficient (Wildman–Crippen LogP) is 3.31. The molecule has 2 aromatic rings. The summed E-state index contributed by atoms with van der Waals surface area (Å²) in [6.07, 6.45) is 0.232. The van der Waals surface area contributed by atoms with Gasteiger partial charge in [-0.1, -0.05) is 12.1 Å². The number of hydrogen-bond donors (Lipinski definition) is 2. The van der Waals surface area contributed by atoms with Crippen molar-refractivity contribution in [1.29, 1.82) is 0 Å². The van der Waals surface area contributed by atoms with Crippen molar-refractivity contribution in [3.8, 4) is 0 Å². The first-order valence-corrected chi connectivity index (χ1v) is 8.16. The fourth-order valence-electron chi connectivity index (χ4n) is 3.05. The molecule has 0 spiro atoms. The average molecular weight is 341 g/mol. The second kappa shape index (κ2) is 6.93. The third-order valence-electron chi connectivity index (χ3n) is 4.25. The van der Waals surface area contributed by atoms with Crippen molar-refractivity contribution in [2.45, 2.75) is 26.3 Å². The van der Waals surface area contributed by atoms with Gasteiger partial charge in [0.25, 0.3) is 0 Å². The number of carbonyl (C=O) groups is 2. The summed E-state index contributed by atoms with van der Waals surface area (Å²) in [7, 11) is 0. The summed E-state index contributed by atoms with van der Waals surface area (Å²) in [4.78, 5) is 26.5. The van der Waals surface area contributed by atoms with Crippen LogP contribution in [0.25, 0.3) is 0 Å². The maximum absolute atomic E-state index is 13.2. The molecule has 0 radical (unpaired) electrons. The van der Waals surface area contributed by atoms with E-state index in [1.807, 2.05) is 25.1 Å². The Bertz CT molecular complexity index is 822. The van der Waals surface area contributed by atoms with E-state index in [1.54, 1.807) is 24.0 Å². The Morgan fingerprint density at radius 2 is 2.08 bits per heavy atom. The summed E-state index contributed by atoms with van der Waals surface area (Å²) < 4.78 is 13.2. The van der Waals surface area contributed by atoms with Gasteiger partial charge in [0.15, 0.2) is 0 Å². The molecule has 2 N–H and O–H groups in total. The highest BCUT2D eigenvalue weighted by molar-refractivity contribution is 6.05. The standard InChI is InChI=1S/C19H20FN3O2/c1-12-9-14(20)7-8-15(12)21-11-19(25)23-13(2)10-18(24)22-16-5-3-4-6-17(16)23/h3-9,13,21H,10-11H2,1-2H3,(H,22,24)/t13-/m0/s1. The molecule has 0 fully saturated rings. The number of fused-ring (bicyclic) bond motifs is 1. The Kier molecular flexibility index (Phi) is 4.70. The van der Waals surface area contributed by atoms with Crippen molar-refractivity contribution in [3.05, 3.63) is 53.8 Å². The minimum atomic E-state index is -0.311. The van der Waals surface area contributed by atoms with Gasteiger partial charge in [0.05, 0.1) is 17.9 Å². The molecule has 0 aliphatic carbocycles. The number of nitrogens with one attached hydrogen (secondary N) is 2. The molecule has 0 aromatic heterocycles. The Hall–Kier alpha value is -2.89. The molecule has 1 atom stereocenters. The minimum Gasteiger partial charge on any atom is -0.376 e. The zero-order valence-corrected chi connectivity index (χ0v) is 14.2. The molecule has 5 nitrogen and oxygen atoms in total. The van der Waals surface area contributed by atoms with Crippen LogP contribution in [0.1, 0.15) is 18.9 Å². The number of anilines is 3. The van der Waals surface area contributed by atoms with E-state index in [-0.39, 0.29) is 36.6 Å². The zero-order valence-electron chi connectivity index (χ0n) is 14.2. The van der Waals surface area contributed by atoms with E-state index < -0.39 is 0 Å². The van der Waals surface area contributed by atoms with Crippen LogP contribution in [0, 0.1) is 12.7 Å². The summed E-state index contributed by atoms with van der Waals surface area (Å²) in [5.74, 6) is -0.577. The molecule has 130 valence electrons. The van der Waals surface area contributed by atoms with Gasteiger partial charge in [0.2, 0.25) is 11.8 Å². The van der Waals surface area contributed by atoms with Crippen LogP contribution in [0.2, 0.25) is 0 Å². The SMILES string of the molecule is Cc1cc(F)ccc1NCC(=O)N1c2ccccc2NC(=O)C[C@@H]1C. The quantitative estimate of drug-likeness (QED) is 0.900. The predicted molar refractivity (Wildman–Crippen MR) is 96.3 cm³/mol. The van der Waals surface area contributed by atoms with Gasteiger partial charge >= 0.3 is 0 Å². The highest BCUT2D eigenvalue weighted by Crippen LogP contribution is 2.31. The molecule has 1 heterocycles. The number of benzene rings is 2. The molecule has 2 aromatic carbocycles. The van der Waals surface area contributed by atoms with Crippen LogP contribution in [0.15, 0.2) is 42.5 Å². The number of nitrogens with zero attached hydrogens (tertiary/aromatic N) is 1. The molecule has 6 heteroatoms. The summed E-state index contributed by atoms with van der Waals surface area (Å²) in [6, 6.07) is 11.4. The Balaban J connectivity index is 1.81. The largest absolute Gasteiger partial charge is 0.376 e.